The Bertz CT molecular complexity index is 255. The van der Waals surface area contributed by atoms with E-state index in [-0.39, 0.29) is 0 Å². The van der Waals surface area contributed by atoms with Gasteiger partial charge in [-0.2, -0.15) is 0 Å². The Labute approximate surface area is 127 Å². The Hall–Kier alpha value is -0.120. The molecular weight excluding hydrogens is 246 g/mol. The maximum atomic E-state index is 3.65. The highest BCUT2D eigenvalue weighted by Gasteiger charge is 2.29. The van der Waals surface area contributed by atoms with Crippen LogP contribution in [0.1, 0.15) is 52.9 Å². The summed E-state index contributed by atoms with van der Waals surface area (Å²) in [6.07, 6.45) is 6.56. The molecule has 0 amide bonds. The van der Waals surface area contributed by atoms with E-state index in [1.165, 1.54) is 51.7 Å². The van der Waals surface area contributed by atoms with E-state index in [2.05, 4.69) is 50.0 Å². The number of nitrogens with one attached hydrogen (secondary N) is 1. The highest BCUT2D eigenvalue weighted by atomic mass is 15.2. The number of rotatable bonds is 9. The van der Waals surface area contributed by atoms with Crippen LogP contribution in [0.4, 0.5) is 0 Å². The van der Waals surface area contributed by atoms with E-state index in [0.29, 0.717) is 5.41 Å². The minimum Gasteiger partial charge on any atom is -0.316 e. The SMILES string of the molecule is CCCNCC(C)(CCC)CN1CCCC(N(C)C)C1. The summed E-state index contributed by atoms with van der Waals surface area (Å²) in [4.78, 5) is 5.11. The van der Waals surface area contributed by atoms with Crippen LogP contribution in [0.2, 0.25) is 0 Å². The molecule has 1 rings (SSSR count). The minimum atomic E-state index is 0.429. The van der Waals surface area contributed by atoms with Crippen molar-refractivity contribution in [1.29, 1.82) is 0 Å². The van der Waals surface area contributed by atoms with Crippen LogP contribution in [0.15, 0.2) is 0 Å². The summed E-state index contributed by atoms with van der Waals surface area (Å²) in [5.74, 6) is 0. The monoisotopic (exact) mass is 283 g/mol. The quantitative estimate of drug-likeness (QED) is 0.657. The molecule has 120 valence electrons. The number of likely N-dealkylation sites (N-methyl/N-ethyl adjacent to an activating group) is 1. The lowest BCUT2D eigenvalue weighted by Crippen LogP contribution is -2.50. The van der Waals surface area contributed by atoms with Gasteiger partial charge in [0.2, 0.25) is 0 Å². The van der Waals surface area contributed by atoms with Crippen molar-refractivity contribution in [3.05, 3.63) is 0 Å². The fraction of sp³-hybridized carbons (Fsp3) is 1.00. The highest BCUT2D eigenvalue weighted by Crippen LogP contribution is 2.26. The molecule has 2 atom stereocenters. The maximum Gasteiger partial charge on any atom is 0.0217 e. The van der Waals surface area contributed by atoms with Gasteiger partial charge < -0.3 is 15.1 Å². The van der Waals surface area contributed by atoms with Crippen molar-refractivity contribution in [1.82, 2.24) is 15.1 Å². The van der Waals surface area contributed by atoms with Gasteiger partial charge in [0.05, 0.1) is 0 Å². The fourth-order valence-electron chi connectivity index (χ4n) is 3.53. The van der Waals surface area contributed by atoms with Gasteiger partial charge in [-0.05, 0) is 58.3 Å². The zero-order valence-electron chi connectivity index (χ0n) is 14.5. The number of likely N-dealkylation sites (tertiary alicyclic amines) is 1. The third-order valence-corrected chi connectivity index (χ3v) is 4.65. The molecule has 0 aliphatic carbocycles. The molecule has 1 saturated heterocycles. The van der Waals surface area contributed by atoms with E-state index in [9.17, 15) is 0 Å². The van der Waals surface area contributed by atoms with Crippen molar-refractivity contribution in [3.8, 4) is 0 Å². The molecule has 1 heterocycles. The molecule has 1 N–H and O–H groups in total. The molecule has 20 heavy (non-hydrogen) atoms. The molecule has 0 aromatic heterocycles. The third kappa shape index (κ3) is 6.11. The number of piperidine rings is 1. The molecule has 0 bridgehead atoms. The van der Waals surface area contributed by atoms with Crippen LogP contribution in [0.25, 0.3) is 0 Å². The predicted molar refractivity (Wildman–Crippen MR) is 89.3 cm³/mol. The standard InChI is InChI=1S/C17H37N3/c1-6-10-17(3,14-18-11-7-2)15-20-12-8-9-16(13-20)19(4)5/h16,18H,6-15H2,1-5H3. The van der Waals surface area contributed by atoms with Crippen molar-refractivity contribution in [2.24, 2.45) is 5.41 Å². The van der Waals surface area contributed by atoms with Crippen LogP contribution >= 0.6 is 0 Å². The topological polar surface area (TPSA) is 18.5 Å². The minimum absolute atomic E-state index is 0.429. The number of hydrogen-bond donors (Lipinski definition) is 1. The average Bonchev–Trinajstić information content (AvgIpc) is 2.39. The lowest BCUT2D eigenvalue weighted by molar-refractivity contribution is 0.0856. The Kier molecular flexibility index (Phi) is 8.08. The molecule has 1 aliphatic rings. The molecule has 0 aromatic rings. The lowest BCUT2D eigenvalue weighted by Gasteiger charge is -2.41. The Morgan fingerprint density at radius 3 is 2.60 bits per heavy atom. The first-order valence-corrected chi connectivity index (χ1v) is 8.60. The summed E-state index contributed by atoms with van der Waals surface area (Å²) in [6, 6.07) is 0.748. The third-order valence-electron chi connectivity index (χ3n) is 4.65. The summed E-state index contributed by atoms with van der Waals surface area (Å²) in [5, 5.41) is 3.65. The van der Waals surface area contributed by atoms with Gasteiger partial charge in [0.1, 0.15) is 0 Å². The molecule has 0 aromatic carbocycles. The van der Waals surface area contributed by atoms with Gasteiger partial charge in [0, 0.05) is 25.7 Å². The zero-order chi connectivity index (χ0) is 15.0. The van der Waals surface area contributed by atoms with Crippen LogP contribution in [0.5, 0.6) is 0 Å². The van der Waals surface area contributed by atoms with Crippen LogP contribution in [0.3, 0.4) is 0 Å². The van der Waals surface area contributed by atoms with Gasteiger partial charge in [0.15, 0.2) is 0 Å². The molecule has 1 fully saturated rings. The van der Waals surface area contributed by atoms with Crippen LogP contribution in [-0.2, 0) is 0 Å². The van der Waals surface area contributed by atoms with Crippen molar-refractivity contribution in [2.45, 2.75) is 58.9 Å². The van der Waals surface area contributed by atoms with Crippen LogP contribution in [-0.4, -0.2) is 62.7 Å². The van der Waals surface area contributed by atoms with E-state index < -0.39 is 0 Å². The second-order valence-electron chi connectivity index (χ2n) is 7.23. The van der Waals surface area contributed by atoms with Gasteiger partial charge in [-0.3, -0.25) is 0 Å². The lowest BCUT2D eigenvalue weighted by atomic mass is 9.84. The number of nitrogens with zero attached hydrogens (tertiary/aromatic N) is 2. The summed E-state index contributed by atoms with van der Waals surface area (Å²) >= 11 is 0. The molecule has 3 nitrogen and oxygen atoms in total. The van der Waals surface area contributed by atoms with Crippen molar-refractivity contribution in [3.63, 3.8) is 0 Å². The van der Waals surface area contributed by atoms with Gasteiger partial charge in [-0.25, -0.2) is 0 Å². The van der Waals surface area contributed by atoms with Crippen molar-refractivity contribution < 1.29 is 0 Å². The summed E-state index contributed by atoms with van der Waals surface area (Å²) < 4.78 is 0. The first kappa shape index (κ1) is 17.9. The second-order valence-corrected chi connectivity index (χ2v) is 7.23. The molecule has 2 unspecified atom stereocenters. The Morgan fingerprint density at radius 2 is 2.00 bits per heavy atom. The molecule has 0 saturated carbocycles. The van der Waals surface area contributed by atoms with Crippen molar-refractivity contribution in [2.75, 3.05) is 46.8 Å². The Morgan fingerprint density at radius 1 is 1.25 bits per heavy atom. The predicted octanol–water partition coefficient (Wildman–Crippen LogP) is 2.82. The normalized spacial score (nSPS) is 24.0. The summed E-state index contributed by atoms with van der Waals surface area (Å²) in [6.45, 7) is 13.1. The smallest absolute Gasteiger partial charge is 0.0217 e. The van der Waals surface area contributed by atoms with E-state index in [1.807, 2.05) is 0 Å². The molecule has 0 radical (unpaired) electrons. The van der Waals surface area contributed by atoms with Crippen LogP contribution in [0, 0.1) is 5.41 Å². The average molecular weight is 284 g/mol. The number of hydrogen-bond acceptors (Lipinski definition) is 3. The van der Waals surface area contributed by atoms with E-state index in [0.717, 1.165) is 19.1 Å². The molecular formula is C17H37N3. The van der Waals surface area contributed by atoms with Crippen LogP contribution < -0.4 is 5.32 Å². The second kappa shape index (κ2) is 9.01. The van der Waals surface area contributed by atoms with E-state index >= 15 is 0 Å². The maximum absolute atomic E-state index is 3.65. The highest BCUT2D eigenvalue weighted by molar-refractivity contribution is 4.85. The molecule has 3 heteroatoms. The van der Waals surface area contributed by atoms with Crippen molar-refractivity contribution >= 4 is 0 Å². The molecule has 0 spiro atoms. The van der Waals surface area contributed by atoms with Gasteiger partial charge in [0.25, 0.3) is 0 Å². The first-order chi connectivity index (χ1) is 9.50. The first-order valence-electron chi connectivity index (χ1n) is 8.60. The molecule has 1 aliphatic heterocycles. The van der Waals surface area contributed by atoms with Gasteiger partial charge in [-0.15, -0.1) is 0 Å². The van der Waals surface area contributed by atoms with Gasteiger partial charge >= 0.3 is 0 Å². The summed E-state index contributed by atoms with van der Waals surface area (Å²) in [7, 11) is 4.45. The fourth-order valence-corrected chi connectivity index (χ4v) is 3.53. The van der Waals surface area contributed by atoms with E-state index in [1.54, 1.807) is 0 Å². The van der Waals surface area contributed by atoms with E-state index in [4.69, 9.17) is 0 Å². The Balaban J connectivity index is 2.50. The zero-order valence-corrected chi connectivity index (χ0v) is 14.5. The largest absolute Gasteiger partial charge is 0.316 e. The van der Waals surface area contributed by atoms with Gasteiger partial charge in [-0.1, -0.05) is 27.2 Å². The summed E-state index contributed by atoms with van der Waals surface area (Å²) in [5.41, 5.74) is 0.429.